The highest BCUT2D eigenvalue weighted by atomic mass is 16.3. The molecule has 2 aromatic rings. The quantitative estimate of drug-likeness (QED) is 0.826. The van der Waals surface area contributed by atoms with E-state index in [1.807, 2.05) is 23.7 Å². The Labute approximate surface area is 101 Å². The molecule has 0 radical (unpaired) electrons. The maximum absolute atomic E-state index is 5.40. The SMILES string of the molecule is CCC(NCCc1nncn1C)c1ccco1. The van der Waals surface area contributed by atoms with E-state index in [0.717, 1.165) is 31.0 Å². The van der Waals surface area contributed by atoms with Gasteiger partial charge in [-0.1, -0.05) is 6.92 Å². The number of rotatable bonds is 6. The van der Waals surface area contributed by atoms with E-state index < -0.39 is 0 Å². The Morgan fingerprint density at radius 2 is 2.41 bits per heavy atom. The third-order valence-corrected chi connectivity index (χ3v) is 2.84. The van der Waals surface area contributed by atoms with Crippen LogP contribution >= 0.6 is 0 Å². The van der Waals surface area contributed by atoms with Gasteiger partial charge in [-0.05, 0) is 18.6 Å². The lowest BCUT2D eigenvalue weighted by Gasteiger charge is -2.13. The summed E-state index contributed by atoms with van der Waals surface area (Å²) in [5.74, 6) is 1.98. The van der Waals surface area contributed by atoms with Gasteiger partial charge in [0.25, 0.3) is 0 Å². The van der Waals surface area contributed by atoms with Crippen LogP contribution in [0.5, 0.6) is 0 Å². The molecule has 2 heterocycles. The predicted molar refractivity (Wildman–Crippen MR) is 64.4 cm³/mol. The third kappa shape index (κ3) is 2.94. The maximum Gasteiger partial charge on any atom is 0.133 e. The van der Waals surface area contributed by atoms with Gasteiger partial charge >= 0.3 is 0 Å². The zero-order valence-corrected chi connectivity index (χ0v) is 10.3. The summed E-state index contributed by atoms with van der Waals surface area (Å²) in [7, 11) is 1.96. The minimum Gasteiger partial charge on any atom is -0.468 e. The summed E-state index contributed by atoms with van der Waals surface area (Å²) < 4.78 is 7.34. The van der Waals surface area contributed by atoms with Gasteiger partial charge in [-0.2, -0.15) is 0 Å². The lowest BCUT2D eigenvalue weighted by molar-refractivity contribution is 0.404. The number of hydrogen-bond acceptors (Lipinski definition) is 4. The van der Waals surface area contributed by atoms with Crippen LogP contribution < -0.4 is 5.32 Å². The Morgan fingerprint density at radius 3 is 3.00 bits per heavy atom. The number of furan rings is 1. The maximum atomic E-state index is 5.40. The van der Waals surface area contributed by atoms with Crippen LogP contribution in [-0.2, 0) is 13.5 Å². The molecule has 1 unspecified atom stereocenters. The Hall–Kier alpha value is -1.62. The molecule has 0 aliphatic heterocycles. The van der Waals surface area contributed by atoms with Gasteiger partial charge < -0.3 is 14.3 Å². The molecule has 0 aliphatic rings. The van der Waals surface area contributed by atoms with Gasteiger partial charge in [0, 0.05) is 20.0 Å². The molecule has 0 spiro atoms. The van der Waals surface area contributed by atoms with Crippen molar-refractivity contribution in [3.63, 3.8) is 0 Å². The minimum atomic E-state index is 0.276. The number of nitrogens with one attached hydrogen (secondary N) is 1. The molecule has 5 nitrogen and oxygen atoms in total. The second-order valence-electron chi connectivity index (χ2n) is 4.04. The van der Waals surface area contributed by atoms with E-state index in [9.17, 15) is 0 Å². The first kappa shape index (κ1) is 11.9. The van der Waals surface area contributed by atoms with E-state index in [0.29, 0.717) is 0 Å². The molecule has 5 heteroatoms. The van der Waals surface area contributed by atoms with Crippen molar-refractivity contribution in [2.45, 2.75) is 25.8 Å². The average molecular weight is 234 g/mol. The zero-order valence-electron chi connectivity index (χ0n) is 10.3. The molecule has 0 aromatic carbocycles. The van der Waals surface area contributed by atoms with Gasteiger partial charge in [-0.3, -0.25) is 0 Å². The van der Waals surface area contributed by atoms with Crippen LogP contribution in [0.2, 0.25) is 0 Å². The van der Waals surface area contributed by atoms with E-state index in [-0.39, 0.29) is 6.04 Å². The fourth-order valence-electron chi connectivity index (χ4n) is 1.83. The Balaban J connectivity index is 1.83. The van der Waals surface area contributed by atoms with Crippen molar-refractivity contribution in [2.24, 2.45) is 7.05 Å². The van der Waals surface area contributed by atoms with Gasteiger partial charge in [0.15, 0.2) is 0 Å². The van der Waals surface area contributed by atoms with Crippen molar-refractivity contribution in [1.82, 2.24) is 20.1 Å². The number of nitrogens with zero attached hydrogens (tertiary/aromatic N) is 3. The highest BCUT2D eigenvalue weighted by Crippen LogP contribution is 2.16. The molecule has 0 bridgehead atoms. The third-order valence-electron chi connectivity index (χ3n) is 2.84. The average Bonchev–Trinajstić information content (AvgIpc) is 2.97. The molecule has 1 N–H and O–H groups in total. The van der Waals surface area contributed by atoms with Crippen LogP contribution in [0.4, 0.5) is 0 Å². The molecule has 92 valence electrons. The fourth-order valence-corrected chi connectivity index (χ4v) is 1.83. The summed E-state index contributed by atoms with van der Waals surface area (Å²) in [4.78, 5) is 0. The van der Waals surface area contributed by atoms with Gasteiger partial charge in [-0.15, -0.1) is 10.2 Å². The van der Waals surface area contributed by atoms with E-state index in [1.54, 1.807) is 12.6 Å². The summed E-state index contributed by atoms with van der Waals surface area (Å²) in [6.07, 6.45) is 5.31. The lowest BCUT2D eigenvalue weighted by Crippen LogP contribution is -2.23. The smallest absolute Gasteiger partial charge is 0.133 e. The number of aromatic nitrogens is 3. The molecule has 2 rings (SSSR count). The Morgan fingerprint density at radius 1 is 1.53 bits per heavy atom. The van der Waals surface area contributed by atoms with E-state index >= 15 is 0 Å². The topological polar surface area (TPSA) is 55.9 Å². The molecule has 0 aliphatic carbocycles. The number of hydrogen-bond donors (Lipinski definition) is 1. The first-order chi connectivity index (χ1) is 8.31. The van der Waals surface area contributed by atoms with Crippen LogP contribution in [0.25, 0.3) is 0 Å². The standard InChI is InChI=1S/C12H18N4O/c1-3-10(11-5-4-8-17-11)13-7-6-12-15-14-9-16(12)2/h4-5,8-10,13H,3,6-7H2,1-2H3. The minimum absolute atomic E-state index is 0.276. The predicted octanol–water partition coefficient (Wildman–Crippen LogP) is 1.69. The van der Waals surface area contributed by atoms with E-state index in [2.05, 4.69) is 22.4 Å². The van der Waals surface area contributed by atoms with Crippen molar-refractivity contribution in [3.8, 4) is 0 Å². The Kier molecular flexibility index (Phi) is 3.93. The first-order valence-electron chi connectivity index (χ1n) is 5.91. The van der Waals surface area contributed by atoms with Crippen molar-refractivity contribution in [2.75, 3.05) is 6.54 Å². The molecular formula is C12H18N4O. The number of aryl methyl sites for hydroxylation is 1. The highest BCUT2D eigenvalue weighted by Gasteiger charge is 2.11. The zero-order chi connectivity index (χ0) is 12.1. The van der Waals surface area contributed by atoms with Crippen LogP contribution in [-0.4, -0.2) is 21.3 Å². The van der Waals surface area contributed by atoms with E-state index in [4.69, 9.17) is 4.42 Å². The van der Waals surface area contributed by atoms with Crippen LogP contribution in [0, 0.1) is 0 Å². The van der Waals surface area contributed by atoms with Crippen LogP contribution in [0.3, 0.4) is 0 Å². The molecule has 2 aromatic heterocycles. The first-order valence-corrected chi connectivity index (χ1v) is 5.91. The summed E-state index contributed by atoms with van der Waals surface area (Å²) >= 11 is 0. The fraction of sp³-hybridized carbons (Fsp3) is 0.500. The van der Waals surface area contributed by atoms with E-state index in [1.165, 1.54) is 0 Å². The van der Waals surface area contributed by atoms with Crippen molar-refractivity contribution < 1.29 is 4.42 Å². The normalized spacial score (nSPS) is 12.8. The molecular weight excluding hydrogens is 216 g/mol. The highest BCUT2D eigenvalue weighted by molar-refractivity contribution is 5.04. The second-order valence-corrected chi connectivity index (χ2v) is 4.04. The Bertz CT molecular complexity index is 435. The van der Waals surface area contributed by atoms with Gasteiger partial charge in [0.1, 0.15) is 17.9 Å². The molecule has 0 saturated carbocycles. The van der Waals surface area contributed by atoms with Crippen molar-refractivity contribution >= 4 is 0 Å². The lowest BCUT2D eigenvalue weighted by atomic mass is 10.1. The van der Waals surface area contributed by atoms with Gasteiger partial charge in [0.2, 0.25) is 0 Å². The van der Waals surface area contributed by atoms with Gasteiger partial charge in [-0.25, -0.2) is 0 Å². The summed E-state index contributed by atoms with van der Waals surface area (Å²) in [5, 5.41) is 11.4. The van der Waals surface area contributed by atoms with Crippen molar-refractivity contribution in [1.29, 1.82) is 0 Å². The molecule has 17 heavy (non-hydrogen) atoms. The van der Waals surface area contributed by atoms with Gasteiger partial charge in [0.05, 0.1) is 12.3 Å². The molecule has 1 atom stereocenters. The largest absolute Gasteiger partial charge is 0.468 e. The van der Waals surface area contributed by atoms with Crippen LogP contribution in [0.1, 0.15) is 31.0 Å². The molecule has 0 amide bonds. The second kappa shape index (κ2) is 5.63. The summed E-state index contributed by atoms with van der Waals surface area (Å²) in [5.41, 5.74) is 0. The van der Waals surface area contributed by atoms with Crippen molar-refractivity contribution in [3.05, 3.63) is 36.3 Å². The monoisotopic (exact) mass is 234 g/mol. The summed E-state index contributed by atoms with van der Waals surface area (Å²) in [6, 6.07) is 4.20. The summed E-state index contributed by atoms with van der Waals surface area (Å²) in [6.45, 7) is 3.01. The molecule has 0 saturated heterocycles. The molecule has 0 fully saturated rings. The van der Waals surface area contributed by atoms with Crippen LogP contribution in [0.15, 0.2) is 29.1 Å².